The zero-order valence-electron chi connectivity index (χ0n) is 13.2. The molecule has 0 aliphatic heterocycles. The zero-order chi connectivity index (χ0) is 17.1. The van der Waals surface area contributed by atoms with Crippen LogP contribution < -0.4 is 10.9 Å². The molecule has 9 heteroatoms. The third-order valence-electron chi connectivity index (χ3n) is 3.23. The monoisotopic (exact) mass is 325 g/mol. The smallest absolute Gasteiger partial charge is 0.267 e. The van der Waals surface area contributed by atoms with Gasteiger partial charge >= 0.3 is 0 Å². The summed E-state index contributed by atoms with van der Waals surface area (Å²) in [6.07, 6.45) is 2.79. The topological polar surface area (TPSA) is 108 Å². The molecule has 9 nitrogen and oxygen atoms in total. The molecule has 0 bridgehead atoms. The summed E-state index contributed by atoms with van der Waals surface area (Å²) in [4.78, 5) is 31.8. The van der Waals surface area contributed by atoms with Crippen molar-refractivity contribution in [2.24, 2.45) is 0 Å². The average Bonchev–Trinajstić information content (AvgIpc) is 2.88. The SMILES string of the molecule is Cc1cc(C)n(-c2cc(NC(=O)Cn3ncccc3=O)ncn2)n1. The van der Waals surface area contributed by atoms with Crippen LogP contribution in [0.25, 0.3) is 5.82 Å². The second kappa shape index (κ2) is 6.41. The van der Waals surface area contributed by atoms with Crippen LogP contribution in [0.15, 0.2) is 41.6 Å². The minimum atomic E-state index is -0.409. The molecule has 3 rings (SSSR count). The van der Waals surface area contributed by atoms with Gasteiger partial charge in [-0.15, -0.1) is 0 Å². The number of carbonyl (C=O) groups is 1. The van der Waals surface area contributed by atoms with Gasteiger partial charge in [0, 0.05) is 24.0 Å². The predicted octanol–water partition coefficient (Wildman–Crippen LogP) is 0.475. The Morgan fingerprint density at radius 1 is 1.25 bits per heavy atom. The molecule has 3 aromatic rings. The third kappa shape index (κ3) is 3.35. The van der Waals surface area contributed by atoms with Crippen molar-refractivity contribution in [1.82, 2.24) is 29.5 Å². The molecular weight excluding hydrogens is 310 g/mol. The van der Waals surface area contributed by atoms with Crippen molar-refractivity contribution in [2.75, 3.05) is 5.32 Å². The third-order valence-corrected chi connectivity index (χ3v) is 3.23. The molecule has 0 saturated heterocycles. The first-order valence-corrected chi connectivity index (χ1v) is 7.20. The number of aryl methyl sites for hydroxylation is 2. The summed E-state index contributed by atoms with van der Waals surface area (Å²) in [5, 5.41) is 10.8. The zero-order valence-corrected chi connectivity index (χ0v) is 13.2. The van der Waals surface area contributed by atoms with E-state index in [1.807, 2.05) is 19.9 Å². The van der Waals surface area contributed by atoms with Crippen LogP contribution in [-0.2, 0) is 11.3 Å². The maximum Gasteiger partial charge on any atom is 0.267 e. The summed E-state index contributed by atoms with van der Waals surface area (Å²) in [6.45, 7) is 3.60. The number of nitrogens with zero attached hydrogens (tertiary/aromatic N) is 6. The van der Waals surface area contributed by atoms with Gasteiger partial charge in [0.25, 0.3) is 5.56 Å². The molecule has 0 saturated carbocycles. The standard InChI is InChI=1S/C15H15N7O2/c1-10-6-11(2)22(20-10)13-7-12(16-9-17-13)19-14(23)8-21-15(24)4-3-5-18-21/h3-7,9H,8H2,1-2H3,(H,16,17,19,23). The summed E-state index contributed by atoms with van der Waals surface area (Å²) < 4.78 is 2.73. The largest absolute Gasteiger partial charge is 0.309 e. The van der Waals surface area contributed by atoms with Gasteiger partial charge in [0.05, 0.1) is 5.69 Å². The van der Waals surface area contributed by atoms with Crippen LogP contribution in [-0.4, -0.2) is 35.4 Å². The van der Waals surface area contributed by atoms with Gasteiger partial charge in [0.1, 0.15) is 18.7 Å². The molecule has 1 N–H and O–H groups in total. The van der Waals surface area contributed by atoms with Crippen LogP contribution >= 0.6 is 0 Å². The molecule has 0 aliphatic rings. The number of hydrogen-bond donors (Lipinski definition) is 1. The van der Waals surface area contributed by atoms with Crippen LogP contribution in [0.1, 0.15) is 11.4 Å². The number of carbonyl (C=O) groups excluding carboxylic acids is 1. The van der Waals surface area contributed by atoms with E-state index in [9.17, 15) is 9.59 Å². The molecule has 0 aliphatic carbocycles. The first-order chi connectivity index (χ1) is 11.5. The fourth-order valence-corrected chi connectivity index (χ4v) is 2.22. The first-order valence-electron chi connectivity index (χ1n) is 7.20. The molecule has 3 aromatic heterocycles. The van der Waals surface area contributed by atoms with Crippen molar-refractivity contribution in [3.8, 4) is 5.82 Å². The Hall–Kier alpha value is -3.36. The summed E-state index contributed by atoms with van der Waals surface area (Å²) in [5.41, 5.74) is 1.44. The van der Waals surface area contributed by atoms with E-state index in [2.05, 4.69) is 25.5 Å². The van der Waals surface area contributed by atoms with E-state index in [0.717, 1.165) is 16.1 Å². The highest BCUT2D eigenvalue weighted by atomic mass is 16.2. The maximum absolute atomic E-state index is 12.1. The van der Waals surface area contributed by atoms with Crippen molar-refractivity contribution in [3.05, 3.63) is 58.5 Å². The number of rotatable bonds is 4. The lowest BCUT2D eigenvalue weighted by atomic mass is 10.4. The van der Waals surface area contributed by atoms with Gasteiger partial charge in [-0.2, -0.15) is 10.2 Å². The summed E-state index contributed by atoms with van der Waals surface area (Å²) in [5.74, 6) is 0.455. The normalized spacial score (nSPS) is 10.6. The van der Waals surface area contributed by atoms with E-state index in [1.165, 1.54) is 24.7 Å². The Morgan fingerprint density at radius 2 is 2.08 bits per heavy atom. The highest BCUT2D eigenvalue weighted by Gasteiger charge is 2.10. The number of hydrogen-bond acceptors (Lipinski definition) is 6. The van der Waals surface area contributed by atoms with Crippen molar-refractivity contribution >= 4 is 11.7 Å². The van der Waals surface area contributed by atoms with E-state index in [0.29, 0.717) is 11.6 Å². The lowest BCUT2D eigenvalue weighted by Crippen LogP contribution is -2.29. The van der Waals surface area contributed by atoms with Gasteiger partial charge in [-0.3, -0.25) is 9.59 Å². The van der Waals surface area contributed by atoms with Gasteiger partial charge in [-0.25, -0.2) is 19.3 Å². The molecule has 0 radical (unpaired) electrons. The highest BCUT2D eigenvalue weighted by molar-refractivity contribution is 5.89. The van der Waals surface area contributed by atoms with Gasteiger partial charge in [0.2, 0.25) is 5.91 Å². The van der Waals surface area contributed by atoms with Crippen LogP contribution in [0.3, 0.4) is 0 Å². The summed E-state index contributed by atoms with van der Waals surface area (Å²) in [7, 11) is 0. The molecule has 1 amide bonds. The second-order valence-corrected chi connectivity index (χ2v) is 5.17. The summed E-state index contributed by atoms with van der Waals surface area (Å²) in [6, 6.07) is 6.39. The highest BCUT2D eigenvalue weighted by Crippen LogP contribution is 2.12. The molecule has 0 atom stereocenters. The van der Waals surface area contributed by atoms with E-state index in [-0.39, 0.29) is 12.1 Å². The van der Waals surface area contributed by atoms with E-state index >= 15 is 0 Å². The van der Waals surface area contributed by atoms with Crippen LogP contribution in [0, 0.1) is 13.8 Å². The summed E-state index contributed by atoms with van der Waals surface area (Å²) >= 11 is 0. The number of aromatic nitrogens is 6. The Kier molecular flexibility index (Phi) is 4.15. The van der Waals surface area contributed by atoms with Crippen molar-refractivity contribution in [3.63, 3.8) is 0 Å². The second-order valence-electron chi connectivity index (χ2n) is 5.17. The number of nitrogens with one attached hydrogen (secondary N) is 1. The molecule has 0 aromatic carbocycles. The van der Waals surface area contributed by atoms with E-state index in [1.54, 1.807) is 10.7 Å². The van der Waals surface area contributed by atoms with Crippen LogP contribution in [0.4, 0.5) is 5.82 Å². The molecule has 0 fully saturated rings. The molecular formula is C15H15N7O2. The Balaban J connectivity index is 1.77. The molecule has 3 heterocycles. The molecule has 0 spiro atoms. The van der Waals surface area contributed by atoms with Crippen LogP contribution in [0.2, 0.25) is 0 Å². The Morgan fingerprint density at radius 3 is 2.79 bits per heavy atom. The molecule has 122 valence electrons. The van der Waals surface area contributed by atoms with E-state index < -0.39 is 5.91 Å². The lowest BCUT2D eigenvalue weighted by molar-refractivity contribution is -0.117. The van der Waals surface area contributed by atoms with Crippen LogP contribution in [0.5, 0.6) is 0 Å². The molecule has 0 unspecified atom stereocenters. The van der Waals surface area contributed by atoms with E-state index in [4.69, 9.17) is 0 Å². The van der Waals surface area contributed by atoms with Gasteiger partial charge in [-0.1, -0.05) is 0 Å². The van der Waals surface area contributed by atoms with Gasteiger partial charge in [-0.05, 0) is 26.0 Å². The van der Waals surface area contributed by atoms with Gasteiger partial charge in [0.15, 0.2) is 5.82 Å². The number of amides is 1. The minimum absolute atomic E-state index is 0.196. The average molecular weight is 325 g/mol. The Bertz CT molecular complexity index is 945. The molecule has 24 heavy (non-hydrogen) atoms. The first kappa shape index (κ1) is 15.5. The Labute approximate surface area is 137 Å². The fourth-order valence-electron chi connectivity index (χ4n) is 2.22. The number of anilines is 1. The van der Waals surface area contributed by atoms with Gasteiger partial charge < -0.3 is 5.32 Å². The fraction of sp³-hybridized carbons (Fsp3) is 0.200. The minimum Gasteiger partial charge on any atom is -0.309 e. The van der Waals surface area contributed by atoms with Crippen molar-refractivity contribution in [1.29, 1.82) is 0 Å². The lowest BCUT2D eigenvalue weighted by Gasteiger charge is -2.07. The predicted molar refractivity (Wildman–Crippen MR) is 85.8 cm³/mol. The maximum atomic E-state index is 12.1. The van der Waals surface area contributed by atoms with Crippen molar-refractivity contribution < 1.29 is 4.79 Å². The quantitative estimate of drug-likeness (QED) is 0.747. The van der Waals surface area contributed by atoms with Crippen molar-refractivity contribution in [2.45, 2.75) is 20.4 Å².